The van der Waals surface area contributed by atoms with Gasteiger partial charge in [0.15, 0.2) is 11.5 Å². The van der Waals surface area contributed by atoms with Crippen molar-refractivity contribution in [2.24, 2.45) is 0 Å². The topological polar surface area (TPSA) is 52.5 Å². The third-order valence-electron chi connectivity index (χ3n) is 5.45. The number of benzene rings is 3. The maximum absolute atomic E-state index is 13.2. The number of fused-ring (bicyclic) bond motifs is 1. The number of aromatic nitrogens is 1. The number of ether oxygens (including phenoxy) is 2. The summed E-state index contributed by atoms with van der Waals surface area (Å²) in [4.78, 5) is 12.8. The fourth-order valence-electron chi connectivity index (χ4n) is 3.90. The maximum atomic E-state index is 13.2. The molecule has 0 radical (unpaired) electrons. The zero-order chi connectivity index (χ0) is 22.5. The Hall–Kier alpha value is -3.80. The molecular formula is C26H25FN2O3. The number of nitrogens with one attached hydrogen (secondary N) is 1. The molecule has 32 heavy (non-hydrogen) atoms. The zero-order valence-electron chi connectivity index (χ0n) is 18.1. The molecule has 0 saturated heterocycles. The van der Waals surface area contributed by atoms with Crippen molar-refractivity contribution in [1.82, 2.24) is 9.88 Å². The molecule has 1 aromatic heterocycles. The highest BCUT2D eigenvalue weighted by atomic mass is 19.1. The molecule has 0 spiro atoms. The van der Waals surface area contributed by atoms with Crippen LogP contribution in [0.5, 0.6) is 11.5 Å². The monoisotopic (exact) mass is 432 g/mol. The van der Waals surface area contributed by atoms with Gasteiger partial charge in [0.1, 0.15) is 5.82 Å². The van der Waals surface area contributed by atoms with Gasteiger partial charge in [-0.1, -0.05) is 42.5 Å². The minimum atomic E-state index is -0.254. The summed E-state index contributed by atoms with van der Waals surface area (Å²) in [5.74, 6) is 0.907. The molecule has 5 nitrogen and oxygen atoms in total. The summed E-state index contributed by atoms with van der Waals surface area (Å²) in [5, 5.41) is 4.01. The van der Waals surface area contributed by atoms with E-state index in [1.54, 1.807) is 26.4 Å². The molecule has 1 N–H and O–H groups in total. The average molecular weight is 432 g/mol. The van der Waals surface area contributed by atoms with Gasteiger partial charge in [-0.15, -0.1) is 0 Å². The Morgan fingerprint density at radius 1 is 0.938 bits per heavy atom. The summed E-state index contributed by atoms with van der Waals surface area (Å²) >= 11 is 0. The lowest BCUT2D eigenvalue weighted by Gasteiger charge is -2.13. The summed E-state index contributed by atoms with van der Waals surface area (Å²) in [6.45, 7) is 0.941. The molecule has 164 valence electrons. The molecule has 0 aliphatic rings. The first-order valence-corrected chi connectivity index (χ1v) is 10.4. The molecule has 3 aromatic carbocycles. The minimum absolute atomic E-state index is 0.0837. The Labute approximate surface area is 186 Å². The predicted octanol–water partition coefficient (Wildman–Crippen LogP) is 4.70. The summed E-state index contributed by atoms with van der Waals surface area (Å²) < 4.78 is 26.1. The van der Waals surface area contributed by atoms with Gasteiger partial charge < -0.3 is 19.4 Å². The maximum Gasteiger partial charge on any atom is 0.224 e. The Bertz CT molecular complexity index is 1230. The van der Waals surface area contributed by atoms with Gasteiger partial charge in [-0.3, -0.25) is 4.79 Å². The molecule has 0 aliphatic heterocycles. The van der Waals surface area contributed by atoms with Crippen molar-refractivity contribution in [2.75, 3.05) is 14.2 Å². The molecule has 6 heteroatoms. The Kier molecular flexibility index (Phi) is 6.40. The smallest absolute Gasteiger partial charge is 0.224 e. The van der Waals surface area contributed by atoms with Gasteiger partial charge in [-0.2, -0.15) is 0 Å². The van der Waals surface area contributed by atoms with Gasteiger partial charge in [0.2, 0.25) is 5.91 Å². The van der Waals surface area contributed by atoms with Crippen LogP contribution in [0.25, 0.3) is 10.9 Å². The number of para-hydroxylation sites is 2. The lowest BCUT2D eigenvalue weighted by atomic mass is 10.1. The lowest BCUT2D eigenvalue weighted by Crippen LogP contribution is -2.24. The number of methoxy groups -OCH3 is 2. The number of nitrogens with zero attached hydrogens (tertiary/aromatic N) is 1. The molecule has 0 saturated carbocycles. The van der Waals surface area contributed by atoms with Gasteiger partial charge >= 0.3 is 0 Å². The average Bonchev–Trinajstić information content (AvgIpc) is 3.15. The van der Waals surface area contributed by atoms with E-state index in [4.69, 9.17) is 9.47 Å². The van der Waals surface area contributed by atoms with Crippen LogP contribution in [0.15, 0.2) is 72.9 Å². The molecule has 1 heterocycles. The SMILES string of the molecule is COc1cccc(CNC(=O)Cc2cn(Cc3ccc(F)cc3)c3ccccc23)c1OC. The van der Waals surface area contributed by atoms with Gasteiger partial charge in [0, 0.05) is 35.8 Å². The Balaban J connectivity index is 1.51. The van der Waals surface area contributed by atoms with E-state index >= 15 is 0 Å². The fraction of sp³-hybridized carbons (Fsp3) is 0.192. The largest absolute Gasteiger partial charge is 0.493 e. The molecule has 4 rings (SSSR count). The van der Waals surface area contributed by atoms with Crippen LogP contribution in [0.3, 0.4) is 0 Å². The van der Waals surface area contributed by atoms with Crippen molar-refractivity contribution in [2.45, 2.75) is 19.5 Å². The molecule has 0 fully saturated rings. The van der Waals surface area contributed by atoms with Crippen molar-refractivity contribution in [3.8, 4) is 11.5 Å². The highest BCUT2D eigenvalue weighted by Crippen LogP contribution is 2.30. The van der Waals surface area contributed by atoms with Crippen LogP contribution in [0, 0.1) is 5.82 Å². The highest BCUT2D eigenvalue weighted by Gasteiger charge is 2.14. The van der Waals surface area contributed by atoms with Gasteiger partial charge in [0.25, 0.3) is 0 Å². The van der Waals surface area contributed by atoms with Crippen LogP contribution in [-0.4, -0.2) is 24.7 Å². The summed E-state index contributed by atoms with van der Waals surface area (Å²) in [7, 11) is 3.17. The third kappa shape index (κ3) is 4.59. The van der Waals surface area contributed by atoms with Gasteiger partial charge in [-0.05, 0) is 35.4 Å². The molecule has 0 aliphatic carbocycles. The minimum Gasteiger partial charge on any atom is -0.493 e. The second-order valence-corrected chi connectivity index (χ2v) is 7.53. The molecule has 0 atom stereocenters. The summed E-state index contributed by atoms with van der Waals surface area (Å²) in [6, 6.07) is 20.0. The van der Waals surface area contributed by atoms with E-state index in [1.165, 1.54) is 12.1 Å². The van der Waals surface area contributed by atoms with Crippen molar-refractivity contribution in [3.63, 3.8) is 0 Å². The summed E-state index contributed by atoms with van der Waals surface area (Å²) in [5.41, 5.74) is 3.82. The van der Waals surface area contributed by atoms with Crippen molar-refractivity contribution < 1.29 is 18.7 Å². The molecule has 0 unspecified atom stereocenters. The second-order valence-electron chi connectivity index (χ2n) is 7.53. The second kappa shape index (κ2) is 9.56. The first-order chi connectivity index (χ1) is 15.6. The highest BCUT2D eigenvalue weighted by molar-refractivity contribution is 5.89. The molecule has 4 aromatic rings. The number of hydrogen-bond donors (Lipinski definition) is 1. The summed E-state index contributed by atoms with van der Waals surface area (Å²) in [6.07, 6.45) is 2.25. The van der Waals surface area contributed by atoms with Crippen LogP contribution in [0.4, 0.5) is 4.39 Å². The number of carbonyl (C=O) groups excluding carboxylic acids is 1. The van der Waals surface area contributed by atoms with Crippen molar-refractivity contribution in [1.29, 1.82) is 0 Å². The number of carbonyl (C=O) groups is 1. The van der Waals surface area contributed by atoms with E-state index in [-0.39, 0.29) is 18.1 Å². The molecule has 0 bridgehead atoms. The number of rotatable bonds is 8. The first-order valence-electron chi connectivity index (χ1n) is 10.4. The van der Waals surface area contributed by atoms with Crippen LogP contribution < -0.4 is 14.8 Å². The first kappa shape index (κ1) is 21.4. The van der Waals surface area contributed by atoms with Crippen LogP contribution >= 0.6 is 0 Å². The van der Waals surface area contributed by atoms with Crippen molar-refractivity contribution in [3.05, 3.63) is 95.4 Å². The predicted molar refractivity (Wildman–Crippen MR) is 123 cm³/mol. The number of amides is 1. The van der Waals surface area contributed by atoms with E-state index in [0.717, 1.165) is 27.6 Å². The Morgan fingerprint density at radius 2 is 1.72 bits per heavy atom. The normalized spacial score (nSPS) is 10.8. The lowest BCUT2D eigenvalue weighted by molar-refractivity contribution is -0.120. The van der Waals surface area contributed by atoms with E-state index in [2.05, 4.69) is 9.88 Å². The molecular weight excluding hydrogens is 407 g/mol. The van der Waals surface area contributed by atoms with E-state index < -0.39 is 0 Å². The van der Waals surface area contributed by atoms with Crippen LogP contribution in [0.1, 0.15) is 16.7 Å². The zero-order valence-corrected chi connectivity index (χ0v) is 18.1. The van der Waals surface area contributed by atoms with Crippen LogP contribution in [-0.2, 0) is 24.3 Å². The van der Waals surface area contributed by atoms with E-state index in [9.17, 15) is 9.18 Å². The van der Waals surface area contributed by atoms with Crippen LogP contribution in [0.2, 0.25) is 0 Å². The quantitative estimate of drug-likeness (QED) is 0.439. The third-order valence-corrected chi connectivity index (χ3v) is 5.45. The standard InChI is InChI=1S/C26H25FN2O3/c1-31-24-9-5-6-19(26(24)32-2)15-28-25(30)14-20-17-29(23-8-4-3-7-22(20)23)16-18-10-12-21(27)13-11-18/h3-13,17H,14-16H2,1-2H3,(H,28,30). The number of halogens is 1. The van der Waals surface area contributed by atoms with E-state index in [0.29, 0.717) is 24.6 Å². The van der Waals surface area contributed by atoms with Crippen molar-refractivity contribution >= 4 is 16.8 Å². The number of hydrogen-bond acceptors (Lipinski definition) is 3. The molecule has 1 amide bonds. The fourth-order valence-corrected chi connectivity index (χ4v) is 3.90. The van der Waals surface area contributed by atoms with Gasteiger partial charge in [-0.25, -0.2) is 4.39 Å². The van der Waals surface area contributed by atoms with Gasteiger partial charge in [0.05, 0.1) is 20.6 Å². The Morgan fingerprint density at radius 3 is 2.47 bits per heavy atom. The van der Waals surface area contributed by atoms with E-state index in [1.807, 2.05) is 48.7 Å².